The summed E-state index contributed by atoms with van der Waals surface area (Å²) in [7, 11) is 1.60. The first-order chi connectivity index (χ1) is 14.9. The van der Waals surface area contributed by atoms with Crippen molar-refractivity contribution in [2.45, 2.75) is 26.8 Å². The molecule has 2 amide bonds. The minimum atomic E-state index is -0.171. The van der Waals surface area contributed by atoms with E-state index in [1.807, 2.05) is 63.2 Å². The lowest BCUT2D eigenvalue weighted by molar-refractivity contribution is -1.01. The summed E-state index contributed by atoms with van der Waals surface area (Å²) < 4.78 is 5.32. The van der Waals surface area contributed by atoms with Crippen molar-refractivity contribution in [1.29, 1.82) is 0 Å². The van der Waals surface area contributed by atoms with E-state index in [0.717, 1.165) is 43.0 Å². The number of hydrogen-bond donors (Lipinski definition) is 4. The van der Waals surface area contributed by atoms with Gasteiger partial charge in [-0.05, 0) is 44.0 Å². The van der Waals surface area contributed by atoms with Crippen LogP contribution in [0.5, 0.6) is 5.75 Å². The number of benzene rings is 2. The Labute approximate surface area is 184 Å². The molecule has 3 rings (SSSR count). The molecule has 1 fully saturated rings. The number of rotatable bonds is 7. The third kappa shape index (κ3) is 5.83. The molecule has 1 aliphatic heterocycles. The number of anilines is 2. The molecule has 0 spiro atoms. The molecule has 0 radical (unpaired) electrons. The number of amides is 2. The third-order valence-electron chi connectivity index (χ3n) is 6.13. The van der Waals surface area contributed by atoms with Crippen LogP contribution in [-0.2, 0) is 9.59 Å². The standard InChI is InChI=1S/C24H32N4O3/c1-17-8-7-9-18(2)23(17)26-22(29)16-27-12-14-28(15-13-27)19(3)24(30)25-20-10-5-6-11-21(20)31-4/h5-11,19H,12-16H2,1-4H3,(H,25,30)(H,26,29)/p+2/t19-/m0/s1. The maximum absolute atomic E-state index is 12.7. The van der Waals surface area contributed by atoms with Gasteiger partial charge in [0.05, 0.1) is 12.8 Å². The fourth-order valence-electron chi connectivity index (χ4n) is 4.13. The molecule has 0 aromatic heterocycles. The lowest BCUT2D eigenvalue weighted by Crippen LogP contribution is -3.30. The van der Waals surface area contributed by atoms with E-state index in [1.54, 1.807) is 7.11 Å². The number of carbonyl (C=O) groups is 2. The van der Waals surface area contributed by atoms with Crippen LogP contribution < -0.4 is 25.2 Å². The van der Waals surface area contributed by atoms with Crippen LogP contribution in [0.1, 0.15) is 18.1 Å². The highest BCUT2D eigenvalue weighted by Gasteiger charge is 2.32. The van der Waals surface area contributed by atoms with E-state index >= 15 is 0 Å². The minimum Gasteiger partial charge on any atom is -0.495 e. The van der Waals surface area contributed by atoms with Crippen molar-refractivity contribution >= 4 is 23.2 Å². The molecule has 2 aromatic rings. The summed E-state index contributed by atoms with van der Waals surface area (Å²) in [6.45, 7) is 9.86. The zero-order chi connectivity index (χ0) is 22.4. The van der Waals surface area contributed by atoms with Gasteiger partial charge >= 0.3 is 0 Å². The van der Waals surface area contributed by atoms with Crippen molar-refractivity contribution < 1.29 is 24.1 Å². The predicted octanol–water partition coefficient (Wildman–Crippen LogP) is 0.0611. The fourth-order valence-corrected chi connectivity index (χ4v) is 4.13. The molecule has 0 unspecified atom stereocenters. The maximum Gasteiger partial charge on any atom is 0.282 e. The van der Waals surface area contributed by atoms with E-state index in [2.05, 4.69) is 10.6 Å². The van der Waals surface area contributed by atoms with Gasteiger partial charge in [-0.1, -0.05) is 30.3 Å². The second-order valence-corrected chi connectivity index (χ2v) is 8.31. The zero-order valence-corrected chi connectivity index (χ0v) is 18.9. The number of para-hydroxylation sites is 3. The van der Waals surface area contributed by atoms with E-state index in [0.29, 0.717) is 18.0 Å². The number of quaternary nitrogens is 2. The van der Waals surface area contributed by atoms with Crippen LogP contribution in [0.3, 0.4) is 0 Å². The first kappa shape index (κ1) is 22.8. The average molecular weight is 427 g/mol. The summed E-state index contributed by atoms with van der Waals surface area (Å²) >= 11 is 0. The normalized spacial score (nSPS) is 19.4. The molecular formula is C24H34N4O3+2. The molecule has 1 heterocycles. The lowest BCUT2D eigenvalue weighted by Gasteiger charge is -2.32. The van der Waals surface area contributed by atoms with E-state index in [9.17, 15) is 9.59 Å². The Kier molecular flexibility index (Phi) is 7.65. The van der Waals surface area contributed by atoms with Gasteiger partial charge in [-0.2, -0.15) is 0 Å². The van der Waals surface area contributed by atoms with Gasteiger partial charge in [0.2, 0.25) is 0 Å². The molecule has 0 aliphatic carbocycles. The molecule has 1 atom stereocenters. The topological polar surface area (TPSA) is 76.3 Å². The van der Waals surface area contributed by atoms with Crippen molar-refractivity contribution in [2.24, 2.45) is 0 Å². The number of hydrogen-bond acceptors (Lipinski definition) is 3. The van der Waals surface area contributed by atoms with Gasteiger partial charge < -0.3 is 25.2 Å². The number of piperazine rings is 1. The highest BCUT2D eigenvalue weighted by Crippen LogP contribution is 2.23. The van der Waals surface area contributed by atoms with E-state index in [-0.39, 0.29) is 17.9 Å². The van der Waals surface area contributed by atoms with Crippen LogP contribution in [0.4, 0.5) is 11.4 Å². The summed E-state index contributed by atoms with van der Waals surface area (Å²) in [5, 5.41) is 6.06. The SMILES string of the molecule is COc1ccccc1NC(=O)[C@H](C)[NH+]1CC[NH+](CC(=O)Nc2c(C)cccc2C)CC1. The Hall–Kier alpha value is -2.90. The molecule has 0 bridgehead atoms. The van der Waals surface area contributed by atoms with Crippen molar-refractivity contribution in [1.82, 2.24) is 0 Å². The molecular weight excluding hydrogens is 392 g/mol. The zero-order valence-electron chi connectivity index (χ0n) is 18.9. The molecule has 31 heavy (non-hydrogen) atoms. The van der Waals surface area contributed by atoms with Gasteiger partial charge in [-0.3, -0.25) is 9.59 Å². The Morgan fingerprint density at radius 1 is 0.968 bits per heavy atom. The number of aryl methyl sites for hydroxylation is 2. The van der Waals surface area contributed by atoms with Crippen molar-refractivity contribution in [2.75, 3.05) is 50.5 Å². The van der Waals surface area contributed by atoms with Crippen molar-refractivity contribution in [3.8, 4) is 5.75 Å². The predicted molar refractivity (Wildman–Crippen MR) is 122 cm³/mol. The van der Waals surface area contributed by atoms with Gasteiger partial charge in [0.1, 0.15) is 31.9 Å². The van der Waals surface area contributed by atoms with Crippen LogP contribution in [-0.4, -0.2) is 57.7 Å². The molecule has 1 aliphatic rings. The quantitative estimate of drug-likeness (QED) is 0.506. The van der Waals surface area contributed by atoms with Gasteiger partial charge in [0.25, 0.3) is 11.8 Å². The summed E-state index contributed by atoms with van der Waals surface area (Å²) in [5.41, 5.74) is 3.76. The monoisotopic (exact) mass is 426 g/mol. The highest BCUT2D eigenvalue weighted by molar-refractivity contribution is 5.95. The highest BCUT2D eigenvalue weighted by atomic mass is 16.5. The summed E-state index contributed by atoms with van der Waals surface area (Å²) in [6, 6.07) is 13.3. The van der Waals surface area contributed by atoms with E-state index < -0.39 is 0 Å². The molecule has 4 N–H and O–H groups in total. The molecule has 7 nitrogen and oxygen atoms in total. The number of carbonyl (C=O) groups excluding carboxylic acids is 2. The Morgan fingerprint density at radius 3 is 2.26 bits per heavy atom. The Bertz CT molecular complexity index is 903. The van der Waals surface area contributed by atoms with Crippen LogP contribution in [0, 0.1) is 13.8 Å². The molecule has 1 saturated heterocycles. The van der Waals surface area contributed by atoms with Crippen LogP contribution >= 0.6 is 0 Å². The van der Waals surface area contributed by atoms with Crippen LogP contribution in [0.15, 0.2) is 42.5 Å². The number of ether oxygens (including phenoxy) is 1. The van der Waals surface area contributed by atoms with Gasteiger partial charge in [-0.15, -0.1) is 0 Å². The Balaban J connectivity index is 1.48. The second kappa shape index (κ2) is 10.4. The van der Waals surface area contributed by atoms with Crippen molar-refractivity contribution in [3.63, 3.8) is 0 Å². The largest absolute Gasteiger partial charge is 0.495 e. The molecule has 166 valence electrons. The van der Waals surface area contributed by atoms with Crippen molar-refractivity contribution in [3.05, 3.63) is 53.6 Å². The summed E-state index contributed by atoms with van der Waals surface area (Å²) in [5.74, 6) is 0.677. The summed E-state index contributed by atoms with van der Waals surface area (Å²) in [6.07, 6.45) is 0. The smallest absolute Gasteiger partial charge is 0.282 e. The fraction of sp³-hybridized carbons (Fsp3) is 0.417. The Morgan fingerprint density at radius 2 is 1.61 bits per heavy atom. The van der Waals surface area contributed by atoms with Crippen LogP contribution in [0.2, 0.25) is 0 Å². The second-order valence-electron chi connectivity index (χ2n) is 8.31. The van der Waals surface area contributed by atoms with Gasteiger partial charge in [0, 0.05) is 5.69 Å². The van der Waals surface area contributed by atoms with E-state index in [4.69, 9.17) is 4.74 Å². The van der Waals surface area contributed by atoms with Gasteiger partial charge in [-0.25, -0.2) is 0 Å². The number of nitrogens with one attached hydrogen (secondary N) is 4. The first-order valence-electron chi connectivity index (χ1n) is 10.9. The molecule has 0 saturated carbocycles. The van der Waals surface area contributed by atoms with Crippen LogP contribution in [0.25, 0.3) is 0 Å². The molecule has 7 heteroatoms. The van der Waals surface area contributed by atoms with Gasteiger partial charge in [0.15, 0.2) is 12.6 Å². The third-order valence-corrected chi connectivity index (χ3v) is 6.13. The first-order valence-corrected chi connectivity index (χ1v) is 10.9. The maximum atomic E-state index is 12.7. The average Bonchev–Trinajstić information content (AvgIpc) is 2.77. The molecule has 2 aromatic carbocycles. The lowest BCUT2D eigenvalue weighted by atomic mass is 10.1. The number of methoxy groups -OCH3 is 1. The van der Waals surface area contributed by atoms with E-state index in [1.165, 1.54) is 9.80 Å². The minimum absolute atomic E-state index is 0.0179. The summed E-state index contributed by atoms with van der Waals surface area (Å²) in [4.78, 5) is 27.8.